The van der Waals surface area contributed by atoms with Crippen molar-refractivity contribution in [3.8, 4) is 0 Å². The summed E-state index contributed by atoms with van der Waals surface area (Å²) in [5.41, 5.74) is 0. The van der Waals surface area contributed by atoms with Crippen molar-refractivity contribution in [3.05, 3.63) is 24.2 Å². The first-order chi connectivity index (χ1) is 6.33. The molecule has 0 bridgehead atoms. The summed E-state index contributed by atoms with van der Waals surface area (Å²) in [7, 11) is 0. The Morgan fingerprint density at radius 1 is 1.62 bits per heavy atom. The third-order valence-corrected chi connectivity index (χ3v) is 1.82. The Morgan fingerprint density at radius 3 is 2.69 bits per heavy atom. The van der Waals surface area contributed by atoms with Crippen LogP contribution in [0.4, 0.5) is 0 Å². The molecule has 3 nitrogen and oxygen atoms in total. The lowest BCUT2D eigenvalue weighted by Crippen LogP contribution is -1.94. The maximum absolute atomic E-state index is 9.77. The molecule has 1 saturated heterocycles. The van der Waals surface area contributed by atoms with Gasteiger partial charge in [0.25, 0.3) is 0 Å². The number of hydrogen-bond donors (Lipinski definition) is 0. The molecule has 1 aliphatic rings. The number of hydrogen-bond acceptors (Lipinski definition) is 3. The molecule has 3 heteroatoms. The van der Waals surface area contributed by atoms with Crippen molar-refractivity contribution in [2.75, 3.05) is 6.61 Å². The molecular formula is C10H14O3. The van der Waals surface area contributed by atoms with Gasteiger partial charge in [0.15, 0.2) is 12.0 Å². The normalized spacial score (nSPS) is 20.5. The zero-order chi connectivity index (χ0) is 9.52. The van der Waals surface area contributed by atoms with Crippen LogP contribution in [0.2, 0.25) is 0 Å². The van der Waals surface area contributed by atoms with E-state index in [0.717, 1.165) is 6.61 Å². The van der Waals surface area contributed by atoms with Crippen LogP contribution in [0.15, 0.2) is 22.8 Å². The minimum absolute atomic E-state index is 0.375. The van der Waals surface area contributed by atoms with E-state index in [1.54, 1.807) is 12.1 Å². The second kappa shape index (κ2) is 5.54. The van der Waals surface area contributed by atoms with Crippen molar-refractivity contribution in [2.45, 2.75) is 25.9 Å². The van der Waals surface area contributed by atoms with Gasteiger partial charge < -0.3 is 9.15 Å². The first-order valence-corrected chi connectivity index (χ1v) is 4.43. The van der Waals surface area contributed by atoms with E-state index >= 15 is 0 Å². The Labute approximate surface area is 77.7 Å². The Kier molecular flexibility index (Phi) is 4.26. The highest BCUT2D eigenvalue weighted by atomic mass is 16.5. The highest BCUT2D eigenvalue weighted by Gasteiger charge is 2.07. The molecule has 0 aliphatic carbocycles. The van der Waals surface area contributed by atoms with E-state index in [1.807, 2.05) is 0 Å². The molecule has 0 radical (unpaired) electrons. The molecule has 1 aliphatic heterocycles. The Bertz CT molecular complexity index is 222. The van der Waals surface area contributed by atoms with Crippen molar-refractivity contribution < 1.29 is 13.9 Å². The van der Waals surface area contributed by atoms with Crippen molar-refractivity contribution >= 4 is 6.29 Å². The minimum atomic E-state index is 0.375. The average molecular weight is 182 g/mol. The fourth-order valence-electron chi connectivity index (χ4n) is 1.10. The monoisotopic (exact) mass is 182 g/mol. The van der Waals surface area contributed by atoms with E-state index in [4.69, 9.17) is 4.74 Å². The van der Waals surface area contributed by atoms with Crippen LogP contribution < -0.4 is 0 Å². The van der Waals surface area contributed by atoms with Crippen LogP contribution in [0.1, 0.15) is 30.3 Å². The molecule has 0 aromatic carbocycles. The molecule has 1 aromatic rings. The number of carbonyl (C=O) groups is 1. The van der Waals surface area contributed by atoms with Gasteiger partial charge >= 0.3 is 0 Å². The van der Waals surface area contributed by atoms with E-state index in [2.05, 4.69) is 11.3 Å². The van der Waals surface area contributed by atoms with E-state index in [0.29, 0.717) is 18.2 Å². The molecule has 1 atom stereocenters. The number of aldehydes is 1. The van der Waals surface area contributed by atoms with Crippen molar-refractivity contribution in [3.63, 3.8) is 0 Å². The van der Waals surface area contributed by atoms with Crippen LogP contribution in [0, 0.1) is 0 Å². The lowest BCUT2D eigenvalue weighted by atomic mass is 10.3. The summed E-state index contributed by atoms with van der Waals surface area (Å²) in [6.07, 6.45) is 5.20. The van der Waals surface area contributed by atoms with E-state index in [-0.39, 0.29) is 0 Å². The maximum atomic E-state index is 9.77. The van der Waals surface area contributed by atoms with Crippen LogP contribution in [0.5, 0.6) is 0 Å². The molecule has 2 heterocycles. The quantitative estimate of drug-likeness (QED) is 0.625. The molecule has 1 fully saturated rings. The molecule has 0 spiro atoms. The summed E-state index contributed by atoms with van der Waals surface area (Å²) in [6, 6.07) is 3.27. The average Bonchev–Trinajstić information content (AvgIpc) is 2.76. The van der Waals surface area contributed by atoms with Gasteiger partial charge in [0.1, 0.15) is 0 Å². The Hall–Kier alpha value is -1.09. The van der Waals surface area contributed by atoms with Gasteiger partial charge in [0, 0.05) is 6.61 Å². The lowest BCUT2D eigenvalue weighted by Gasteiger charge is -1.94. The van der Waals surface area contributed by atoms with E-state index in [1.165, 1.54) is 19.1 Å². The smallest absolute Gasteiger partial charge is 0.185 e. The standard InChI is InChI=1S/C5H4O2.C5H10O/c6-4-5-2-1-3-7-5;1-5-3-2-4-6-5/h1-4H;5H,2-4H2,1H3. The first kappa shape index (κ1) is 9.99. The SMILES string of the molecule is CC1CCCO1.O=Cc1ccco1. The molecule has 0 saturated carbocycles. The first-order valence-electron chi connectivity index (χ1n) is 4.43. The number of ether oxygens (including phenoxy) is 1. The third-order valence-electron chi connectivity index (χ3n) is 1.82. The second-order valence-corrected chi connectivity index (χ2v) is 2.96. The van der Waals surface area contributed by atoms with Crippen molar-refractivity contribution in [1.82, 2.24) is 0 Å². The summed E-state index contributed by atoms with van der Waals surface area (Å²) in [6.45, 7) is 3.11. The fourth-order valence-corrected chi connectivity index (χ4v) is 1.10. The third kappa shape index (κ3) is 3.90. The van der Waals surface area contributed by atoms with Gasteiger partial charge in [-0.2, -0.15) is 0 Å². The Balaban J connectivity index is 0.000000132. The van der Waals surface area contributed by atoms with Gasteiger partial charge in [0.05, 0.1) is 12.4 Å². The summed E-state index contributed by atoms with van der Waals surface area (Å²) in [5, 5.41) is 0. The molecule has 0 amide bonds. The molecule has 2 rings (SSSR count). The van der Waals surface area contributed by atoms with Gasteiger partial charge in [-0.25, -0.2) is 0 Å². The highest BCUT2D eigenvalue weighted by molar-refractivity contribution is 5.69. The van der Waals surface area contributed by atoms with Crippen LogP contribution in [0.3, 0.4) is 0 Å². The summed E-state index contributed by atoms with van der Waals surface area (Å²) < 4.78 is 9.77. The van der Waals surface area contributed by atoms with Crippen LogP contribution in [-0.4, -0.2) is 19.0 Å². The Morgan fingerprint density at radius 2 is 2.46 bits per heavy atom. The van der Waals surface area contributed by atoms with E-state index in [9.17, 15) is 4.79 Å². The number of rotatable bonds is 1. The maximum Gasteiger partial charge on any atom is 0.185 e. The molecule has 1 aromatic heterocycles. The molecule has 72 valence electrons. The van der Waals surface area contributed by atoms with E-state index < -0.39 is 0 Å². The van der Waals surface area contributed by atoms with Crippen LogP contribution in [0.25, 0.3) is 0 Å². The molecular weight excluding hydrogens is 168 g/mol. The second-order valence-electron chi connectivity index (χ2n) is 2.96. The van der Waals surface area contributed by atoms with Crippen molar-refractivity contribution in [2.24, 2.45) is 0 Å². The summed E-state index contributed by atoms with van der Waals surface area (Å²) in [5.74, 6) is 0.375. The summed E-state index contributed by atoms with van der Waals surface area (Å²) in [4.78, 5) is 9.77. The molecule has 13 heavy (non-hydrogen) atoms. The predicted molar refractivity (Wildman–Crippen MR) is 48.7 cm³/mol. The minimum Gasteiger partial charge on any atom is -0.462 e. The predicted octanol–water partition coefficient (Wildman–Crippen LogP) is 2.28. The largest absolute Gasteiger partial charge is 0.462 e. The van der Waals surface area contributed by atoms with Crippen molar-refractivity contribution in [1.29, 1.82) is 0 Å². The van der Waals surface area contributed by atoms with Gasteiger partial charge in [-0.3, -0.25) is 4.79 Å². The fraction of sp³-hybridized carbons (Fsp3) is 0.500. The van der Waals surface area contributed by atoms with Gasteiger partial charge in [0.2, 0.25) is 0 Å². The summed E-state index contributed by atoms with van der Waals surface area (Å²) >= 11 is 0. The zero-order valence-electron chi connectivity index (χ0n) is 7.73. The van der Waals surface area contributed by atoms with Gasteiger partial charge in [-0.05, 0) is 31.9 Å². The number of carbonyl (C=O) groups excluding carboxylic acids is 1. The highest BCUT2D eigenvalue weighted by Crippen LogP contribution is 2.09. The van der Waals surface area contributed by atoms with Gasteiger partial charge in [-0.1, -0.05) is 0 Å². The molecule has 1 unspecified atom stereocenters. The van der Waals surface area contributed by atoms with Gasteiger partial charge in [-0.15, -0.1) is 0 Å². The van der Waals surface area contributed by atoms with Crippen LogP contribution >= 0.6 is 0 Å². The number of furan rings is 1. The zero-order valence-corrected chi connectivity index (χ0v) is 7.73. The topological polar surface area (TPSA) is 39.4 Å². The lowest BCUT2D eigenvalue weighted by molar-refractivity contribution is 0.110. The molecule has 0 N–H and O–H groups in total. The van der Waals surface area contributed by atoms with Crippen LogP contribution in [-0.2, 0) is 4.74 Å².